The summed E-state index contributed by atoms with van der Waals surface area (Å²) in [5, 5.41) is 5.54. The van der Waals surface area contributed by atoms with Gasteiger partial charge in [0.15, 0.2) is 0 Å². The van der Waals surface area contributed by atoms with Gasteiger partial charge in [0, 0.05) is 18.3 Å². The number of aromatic nitrogens is 1. The first-order valence-corrected chi connectivity index (χ1v) is 7.00. The molecule has 0 fully saturated rings. The molecule has 0 unspecified atom stereocenters. The van der Waals surface area contributed by atoms with Crippen molar-refractivity contribution in [2.45, 2.75) is 25.7 Å². The molecule has 19 heavy (non-hydrogen) atoms. The van der Waals surface area contributed by atoms with Crippen molar-refractivity contribution in [3.8, 4) is 0 Å². The topological polar surface area (TPSA) is 94.3 Å². The van der Waals surface area contributed by atoms with E-state index in [1.165, 1.54) is 7.11 Å². The summed E-state index contributed by atoms with van der Waals surface area (Å²) < 4.78 is 4.48. The van der Waals surface area contributed by atoms with Crippen LogP contribution in [-0.2, 0) is 27.2 Å². The molecule has 0 aromatic carbocycles. The number of hydrogen-bond donors (Lipinski definition) is 2. The molecule has 1 heterocycles. The van der Waals surface area contributed by atoms with Crippen LogP contribution in [0.2, 0.25) is 0 Å². The van der Waals surface area contributed by atoms with E-state index < -0.39 is 0 Å². The largest absolute Gasteiger partial charge is 0.469 e. The first kappa shape index (κ1) is 15.6. The normalized spacial score (nSPS) is 10.2. The molecule has 3 N–H and O–H groups in total. The predicted molar refractivity (Wildman–Crippen MR) is 72.8 cm³/mol. The van der Waals surface area contributed by atoms with Crippen LogP contribution in [0.3, 0.4) is 0 Å². The van der Waals surface area contributed by atoms with Crippen molar-refractivity contribution in [1.82, 2.24) is 10.3 Å². The summed E-state index contributed by atoms with van der Waals surface area (Å²) >= 11 is 1.54. The number of esters is 1. The molecular formula is C12H19N3O3S. The van der Waals surface area contributed by atoms with Gasteiger partial charge in [0.05, 0.1) is 30.7 Å². The number of amides is 1. The van der Waals surface area contributed by atoms with Gasteiger partial charge in [-0.15, -0.1) is 11.3 Å². The maximum Gasteiger partial charge on any atom is 0.307 e. The minimum Gasteiger partial charge on any atom is -0.469 e. The molecule has 1 amide bonds. The Morgan fingerprint density at radius 1 is 1.53 bits per heavy atom. The van der Waals surface area contributed by atoms with E-state index in [1.807, 2.05) is 5.38 Å². The number of rotatable bonds is 8. The summed E-state index contributed by atoms with van der Waals surface area (Å²) in [6, 6.07) is 0. The Bertz CT molecular complexity index is 420. The van der Waals surface area contributed by atoms with E-state index in [2.05, 4.69) is 15.0 Å². The molecule has 1 aromatic heterocycles. The number of nitrogens with two attached hydrogens (primary N) is 1. The Morgan fingerprint density at radius 2 is 2.32 bits per heavy atom. The van der Waals surface area contributed by atoms with E-state index in [0.717, 1.165) is 23.5 Å². The molecule has 0 aliphatic rings. The summed E-state index contributed by atoms with van der Waals surface area (Å²) in [5.41, 5.74) is 6.19. The molecule has 0 radical (unpaired) electrons. The lowest BCUT2D eigenvalue weighted by Gasteiger charge is -2.02. The van der Waals surface area contributed by atoms with Crippen molar-refractivity contribution in [1.29, 1.82) is 0 Å². The van der Waals surface area contributed by atoms with Crippen LogP contribution >= 0.6 is 11.3 Å². The molecule has 0 aliphatic heterocycles. The quantitative estimate of drug-likeness (QED) is 0.668. The van der Waals surface area contributed by atoms with Gasteiger partial charge in [0.1, 0.15) is 0 Å². The first-order valence-electron chi connectivity index (χ1n) is 6.12. The zero-order chi connectivity index (χ0) is 14.1. The highest BCUT2D eigenvalue weighted by molar-refractivity contribution is 7.09. The highest BCUT2D eigenvalue weighted by Crippen LogP contribution is 2.11. The Labute approximate surface area is 116 Å². The molecular weight excluding hydrogens is 266 g/mol. The maximum absolute atomic E-state index is 11.6. The van der Waals surface area contributed by atoms with Crippen LogP contribution in [-0.4, -0.2) is 37.1 Å². The number of carbonyl (C=O) groups is 2. The fraction of sp³-hybridized carbons (Fsp3) is 0.583. The summed E-state index contributed by atoms with van der Waals surface area (Å²) in [7, 11) is 1.32. The predicted octanol–water partition coefficient (Wildman–Crippen LogP) is 0.256. The summed E-state index contributed by atoms with van der Waals surface area (Å²) in [6.45, 7) is 0.929. The zero-order valence-corrected chi connectivity index (χ0v) is 11.8. The van der Waals surface area contributed by atoms with Crippen molar-refractivity contribution < 1.29 is 14.3 Å². The molecule has 0 aliphatic carbocycles. The number of methoxy groups -OCH3 is 1. The van der Waals surface area contributed by atoms with Crippen LogP contribution in [0.25, 0.3) is 0 Å². The number of nitrogens with one attached hydrogen (secondary N) is 1. The third-order valence-electron chi connectivity index (χ3n) is 2.41. The maximum atomic E-state index is 11.6. The third-order valence-corrected chi connectivity index (χ3v) is 3.37. The lowest BCUT2D eigenvalue weighted by Crippen LogP contribution is -2.27. The SMILES string of the molecule is COC(=O)CCNC(=O)Cc1csc(CCCN)n1. The molecule has 7 heteroatoms. The summed E-state index contributed by atoms with van der Waals surface area (Å²) in [4.78, 5) is 26.8. The molecule has 0 saturated heterocycles. The smallest absolute Gasteiger partial charge is 0.307 e. The molecule has 106 valence electrons. The van der Waals surface area contributed by atoms with E-state index >= 15 is 0 Å². The van der Waals surface area contributed by atoms with E-state index in [-0.39, 0.29) is 31.3 Å². The van der Waals surface area contributed by atoms with Gasteiger partial charge in [0.25, 0.3) is 0 Å². The average molecular weight is 285 g/mol. The van der Waals surface area contributed by atoms with Crippen LogP contribution in [0.5, 0.6) is 0 Å². The van der Waals surface area contributed by atoms with Crippen molar-refractivity contribution in [3.63, 3.8) is 0 Å². The van der Waals surface area contributed by atoms with Gasteiger partial charge in [-0.25, -0.2) is 4.98 Å². The lowest BCUT2D eigenvalue weighted by molar-refractivity contribution is -0.140. The van der Waals surface area contributed by atoms with Crippen LogP contribution in [0.4, 0.5) is 0 Å². The first-order chi connectivity index (χ1) is 9.15. The van der Waals surface area contributed by atoms with Gasteiger partial charge in [-0.1, -0.05) is 0 Å². The van der Waals surface area contributed by atoms with E-state index in [4.69, 9.17) is 5.73 Å². The monoisotopic (exact) mass is 285 g/mol. The standard InChI is InChI=1S/C12H19N3O3S/c1-18-12(17)4-6-14-10(16)7-9-8-19-11(15-9)3-2-5-13/h8H,2-7,13H2,1H3,(H,14,16). The minimum atomic E-state index is -0.335. The van der Waals surface area contributed by atoms with Gasteiger partial charge in [0.2, 0.25) is 5.91 Å². The number of ether oxygens (including phenoxy) is 1. The molecule has 1 rings (SSSR count). The van der Waals surface area contributed by atoms with Crippen molar-refractivity contribution >= 4 is 23.2 Å². The number of carbonyl (C=O) groups excluding carboxylic acids is 2. The Hall–Kier alpha value is -1.47. The molecule has 0 spiro atoms. The van der Waals surface area contributed by atoms with Gasteiger partial charge >= 0.3 is 5.97 Å². The highest BCUT2D eigenvalue weighted by atomic mass is 32.1. The van der Waals surface area contributed by atoms with Gasteiger partial charge in [-0.3, -0.25) is 9.59 Å². The highest BCUT2D eigenvalue weighted by Gasteiger charge is 2.08. The zero-order valence-electron chi connectivity index (χ0n) is 11.0. The van der Waals surface area contributed by atoms with Crippen molar-refractivity contribution in [2.75, 3.05) is 20.2 Å². The second-order valence-electron chi connectivity index (χ2n) is 3.98. The molecule has 0 bridgehead atoms. The van der Waals surface area contributed by atoms with Gasteiger partial charge in [-0.05, 0) is 13.0 Å². The molecule has 0 atom stereocenters. The number of aryl methyl sites for hydroxylation is 1. The average Bonchev–Trinajstić information content (AvgIpc) is 2.83. The molecule has 6 nitrogen and oxygen atoms in total. The Balaban J connectivity index is 2.28. The molecule has 0 saturated carbocycles. The second kappa shape index (κ2) is 8.60. The third kappa shape index (κ3) is 6.30. The van der Waals surface area contributed by atoms with E-state index in [9.17, 15) is 9.59 Å². The van der Waals surface area contributed by atoms with E-state index in [0.29, 0.717) is 6.54 Å². The Morgan fingerprint density at radius 3 is 3.00 bits per heavy atom. The van der Waals surface area contributed by atoms with Gasteiger partial charge in [-0.2, -0.15) is 0 Å². The van der Waals surface area contributed by atoms with Crippen LogP contribution in [0.1, 0.15) is 23.5 Å². The summed E-state index contributed by atoms with van der Waals surface area (Å²) in [5.74, 6) is -0.474. The number of nitrogens with zero attached hydrogens (tertiary/aromatic N) is 1. The van der Waals surface area contributed by atoms with Crippen LogP contribution < -0.4 is 11.1 Å². The molecule has 1 aromatic rings. The Kier molecular flexibility index (Phi) is 7.06. The number of hydrogen-bond acceptors (Lipinski definition) is 6. The van der Waals surface area contributed by atoms with Crippen molar-refractivity contribution in [2.24, 2.45) is 5.73 Å². The van der Waals surface area contributed by atoms with Crippen LogP contribution in [0.15, 0.2) is 5.38 Å². The second-order valence-corrected chi connectivity index (χ2v) is 4.92. The lowest BCUT2D eigenvalue weighted by atomic mass is 10.3. The van der Waals surface area contributed by atoms with Crippen molar-refractivity contribution in [3.05, 3.63) is 16.1 Å². The fourth-order valence-corrected chi connectivity index (χ4v) is 2.27. The van der Waals surface area contributed by atoms with Gasteiger partial charge < -0.3 is 15.8 Å². The van der Waals surface area contributed by atoms with Crippen LogP contribution in [0, 0.1) is 0 Å². The fourth-order valence-electron chi connectivity index (χ4n) is 1.43. The number of thiazole rings is 1. The minimum absolute atomic E-state index is 0.139. The van der Waals surface area contributed by atoms with E-state index in [1.54, 1.807) is 11.3 Å². The summed E-state index contributed by atoms with van der Waals surface area (Å²) in [6.07, 6.45) is 2.17.